The number of carbonyl (C=O) groups excluding carboxylic acids is 1. The maximum atomic E-state index is 12.4. The third-order valence-corrected chi connectivity index (χ3v) is 4.86. The molecule has 0 bridgehead atoms. The van der Waals surface area contributed by atoms with E-state index in [1.807, 2.05) is 4.90 Å². The summed E-state index contributed by atoms with van der Waals surface area (Å²) in [7, 11) is 0. The fraction of sp³-hybridized carbons (Fsp3) is 0.300. The molecule has 1 amide bonds. The molecule has 1 aliphatic rings. The van der Waals surface area contributed by atoms with Crippen LogP contribution in [0.3, 0.4) is 0 Å². The van der Waals surface area contributed by atoms with Crippen molar-refractivity contribution >= 4 is 22.6 Å². The lowest BCUT2D eigenvalue weighted by Crippen LogP contribution is -2.49. The quantitative estimate of drug-likeness (QED) is 0.720. The van der Waals surface area contributed by atoms with E-state index >= 15 is 0 Å². The van der Waals surface area contributed by atoms with E-state index < -0.39 is 0 Å². The predicted molar refractivity (Wildman–Crippen MR) is 98.0 cm³/mol. The van der Waals surface area contributed by atoms with E-state index in [0.29, 0.717) is 18.8 Å². The van der Waals surface area contributed by atoms with Crippen LogP contribution in [-0.4, -0.2) is 42.0 Å². The average molecular weight is 335 g/mol. The zero-order chi connectivity index (χ0) is 17.4. The smallest absolute Gasteiger partial charge is 0.289 e. The van der Waals surface area contributed by atoms with E-state index in [0.717, 1.165) is 24.4 Å². The summed E-state index contributed by atoms with van der Waals surface area (Å²) in [5.74, 6) is 1.36. The summed E-state index contributed by atoms with van der Waals surface area (Å²) in [4.78, 5) is 21.4. The monoisotopic (exact) mass is 335 g/mol. The van der Waals surface area contributed by atoms with Crippen molar-refractivity contribution in [2.24, 2.45) is 0 Å². The molecule has 0 N–H and O–H groups in total. The first kappa shape index (κ1) is 15.7. The van der Waals surface area contributed by atoms with Crippen molar-refractivity contribution in [1.29, 1.82) is 0 Å². The number of aryl methyl sites for hydroxylation is 2. The number of furan rings is 1. The normalized spacial score (nSPS) is 15.0. The van der Waals surface area contributed by atoms with Crippen LogP contribution in [-0.2, 0) is 0 Å². The third kappa shape index (κ3) is 2.86. The third-order valence-electron chi connectivity index (χ3n) is 4.86. The molecule has 0 spiro atoms. The second-order valence-electron chi connectivity index (χ2n) is 6.52. The van der Waals surface area contributed by atoms with Crippen LogP contribution in [0.2, 0.25) is 0 Å². The van der Waals surface area contributed by atoms with Crippen LogP contribution in [0.1, 0.15) is 21.7 Å². The molecule has 0 atom stereocenters. The number of nitrogens with zero attached hydrogens (tertiary/aromatic N) is 3. The van der Waals surface area contributed by atoms with E-state index in [9.17, 15) is 4.79 Å². The van der Waals surface area contributed by atoms with Crippen molar-refractivity contribution in [2.45, 2.75) is 13.8 Å². The van der Waals surface area contributed by atoms with Gasteiger partial charge in [-0.2, -0.15) is 0 Å². The highest BCUT2D eigenvalue weighted by atomic mass is 16.3. The van der Waals surface area contributed by atoms with Crippen molar-refractivity contribution in [1.82, 2.24) is 9.88 Å². The first-order valence-corrected chi connectivity index (χ1v) is 8.58. The summed E-state index contributed by atoms with van der Waals surface area (Å²) in [6, 6.07) is 11.9. The van der Waals surface area contributed by atoms with Crippen molar-refractivity contribution in [3.05, 3.63) is 59.5 Å². The van der Waals surface area contributed by atoms with Gasteiger partial charge in [-0.05, 0) is 43.2 Å². The van der Waals surface area contributed by atoms with Gasteiger partial charge in [-0.15, -0.1) is 0 Å². The van der Waals surface area contributed by atoms with Gasteiger partial charge >= 0.3 is 0 Å². The number of fused-ring (bicyclic) bond motifs is 1. The molecule has 3 aromatic rings. The van der Waals surface area contributed by atoms with E-state index in [-0.39, 0.29) is 5.91 Å². The number of amides is 1. The van der Waals surface area contributed by atoms with Crippen LogP contribution in [0.4, 0.5) is 5.82 Å². The molecular weight excluding hydrogens is 314 g/mol. The number of carbonyl (C=O) groups is 1. The highest BCUT2D eigenvalue weighted by Crippen LogP contribution is 2.25. The molecule has 1 aliphatic heterocycles. The molecule has 25 heavy (non-hydrogen) atoms. The number of hydrogen-bond donors (Lipinski definition) is 0. The van der Waals surface area contributed by atoms with Crippen molar-refractivity contribution < 1.29 is 9.21 Å². The zero-order valence-electron chi connectivity index (χ0n) is 14.5. The highest BCUT2D eigenvalue weighted by Gasteiger charge is 2.24. The Morgan fingerprint density at radius 2 is 1.84 bits per heavy atom. The van der Waals surface area contributed by atoms with Crippen LogP contribution in [0, 0.1) is 13.8 Å². The molecule has 128 valence electrons. The van der Waals surface area contributed by atoms with Crippen molar-refractivity contribution in [3.63, 3.8) is 0 Å². The Kier molecular flexibility index (Phi) is 3.92. The Labute approximate surface area is 146 Å². The number of anilines is 1. The molecule has 5 nitrogen and oxygen atoms in total. The van der Waals surface area contributed by atoms with Gasteiger partial charge in [0.25, 0.3) is 5.91 Å². The molecule has 0 unspecified atom stereocenters. The molecule has 1 aromatic carbocycles. The molecule has 1 saturated heterocycles. The minimum Gasteiger partial charge on any atom is -0.459 e. The maximum absolute atomic E-state index is 12.4. The van der Waals surface area contributed by atoms with Gasteiger partial charge in [0.2, 0.25) is 0 Å². The number of benzene rings is 1. The zero-order valence-corrected chi connectivity index (χ0v) is 14.5. The lowest BCUT2D eigenvalue weighted by Gasteiger charge is -2.35. The molecular formula is C20H21N3O2. The molecule has 0 radical (unpaired) electrons. The van der Waals surface area contributed by atoms with Crippen molar-refractivity contribution in [3.8, 4) is 0 Å². The SMILES string of the molecule is Cc1cc(N2CCN(C(=O)c3ccco3)CC2)nc2c(C)cccc12. The topological polar surface area (TPSA) is 49.6 Å². The van der Waals surface area contributed by atoms with E-state index in [2.05, 4.69) is 43.0 Å². The Hall–Kier alpha value is -2.82. The second kappa shape index (κ2) is 6.24. The summed E-state index contributed by atoms with van der Waals surface area (Å²) < 4.78 is 5.22. The molecule has 0 aliphatic carbocycles. The Bertz CT molecular complexity index is 910. The lowest BCUT2D eigenvalue weighted by molar-refractivity contribution is 0.0714. The van der Waals surface area contributed by atoms with Gasteiger partial charge in [0.15, 0.2) is 5.76 Å². The lowest BCUT2D eigenvalue weighted by atomic mass is 10.1. The molecule has 3 heterocycles. The standard InChI is InChI=1S/C20H21N3O2/c1-14-5-3-6-16-15(2)13-18(21-19(14)16)22-8-10-23(11-9-22)20(24)17-7-4-12-25-17/h3-7,12-13H,8-11H2,1-2H3. The summed E-state index contributed by atoms with van der Waals surface area (Å²) in [6.07, 6.45) is 1.54. The van der Waals surface area contributed by atoms with Gasteiger partial charge in [-0.3, -0.25) is 4.79 Å². The number of para-hydroxylation sites is 1. The molecule has 5 heteroatoms. The van der Waals surface area contributed by atoms with Gasteiger partial charge in [-0.1, -0.05) is 18.2 Å². The fourth-order valence-electron chi connectivity index (χ4n) is 3.40. The Morgan fingerprint density at radius 3 is 2.56 bits per heavy atom. The number of pyridine rings is 1. The first-order valence-electron chi connectivity index (χ1n) is 8.58. The van der Waals surface area contributed by atoms with E-state index in [1.165, 1.54) is 22.8 Å². The Morgan fingerprint density at radius 1 is 1.04 bits per heavy atom. The molecule has 0 saturated carbocycles. The van der Waals surface area contributed by atoms with Gasteiger partial charge in [0, 0.05) is 31.6 Å². The minimum absolute atomic E-state index is 0.0388. The summed E-state index contributed by atoms with van der Waals surface area (Å²) in [5.41, 5.74) is 3.48. The maximum Gasteiger partial charge on any atom is 0.289 e. The van der Waals surface area contributed by atoms with Crippen LogP contribution >= 0.6 is 0 Å². The molecule has 2 aromatic heterocycles. The van der Waals surface area contributed by atoms with Gasteiger partial charge in [-0.25, -0.2) is 4.98 Å². The fourth-order valence-corrected chi connectivity index (χ4v) is 3.40. The average Bonchev–Trinajstić information content (AvgIpc) is 3.17. The second-order valence-corrected chi connectivity index (χ2v) is 6.52. The van der Waals surface area contributed by atoms with Crippen molar-refractivity contribution in [2.75, 3.05) is 31.1 Å². The van der Waals surface area contributed by atoms with Crippen LogP contribution in [0.25, 0.3) is 10.9 Å². The number of rotatable bonds is 2. The Balaban J connectivity index is 1.54. The number of aromatic nitrogens is 1. The van der Waals surface area contributed by atoms with Crippen LogP contribution in [0.15, 0.2) is 47.1 Å². The predicted octanol–water partition coefficient (Wildman–Crippen LogP) is 3.41. The summed E-state index contributed by atoms with van der Waals surface area (Å²) in [5, 5.41) is 1.20. The van der Waals surface area contributed by atoms with E-state index in [1.54, 1.807) is 12.1 Å². The van der Waals surface area contributed by atoms with Gasteiger partial charge in [0.05, 0.1) is 11.8 Å². The minimum atomic E-state index is -0.0388. The summed E-state index contributed by atoms with van der Waals surface area (Å²) >= 11 is 0. The van der Waals surface area contributed by atoms with Gasteiger partial charge in [0.1, 0.15) is 5.82 Å². The largest absolute Gasteiger partial charge is 0.459 e. The highest BCUT2D eigenvalue weighted by molar-refractivity contribution is 5.91. The first-order chi connectivity index (χ1) is 12.1. The number of hydrogen-bond acceptors (Lipinski definition) is 4. The molecule has 1 fully saturated rings. The van der Waals surface area contributed by atoms with Gasteiger partial charge < -0.3 is 14.2 Å². The number of piperazine rings is 1. The molecule has 4 rings (SSSR count). The van der Waals surface area contributed by atoms with E-state index in [4.69, 9.17) is 9.40 Å². The van der Waals surface area contributed by atoms with Crippen LogP contribution in [0.5, 0.6) is 0 Å². The van der Waals surface area contributed by atoms with Crippen LogP contribution < -0.4 is 4.90 Å². The summed E-state index contributed by atoms with van der Waals surface area (Å²) in [6.45, 7) is 7.12.